The lowest BCUT2D eigenvalue weighted by molar-refractivity contribution is 0.566. The quantitative estimate of drug-likeness (QED) is 0.791. The van der Waals surface area contributed by atoms with Crippen molar-refractivity contribution < 1.29 is 0 Å². The minimum Gasteiger partial charge on any atom is -0.327 e. The maximum absolute atomic E-state index is 6.15. The summed E-state index contributed by atoms with van der Waals surface area (Å²) in [7, 11) is 0. The molecule has 1 heterocycles. The van der Waals surface area contributed by atoms with E-state index in [1.54, 1.807) is 18.0 Å². The molecule has 0 saturated heterocycles. The minimum absolute atomic E-state index is 0.220. The van der Waals surface area contributed by atoms with E-state index >= 15 is 0 Å². The van der Waals surface area contributed by atoms with E-state index in [2.05, 4.69) is 18.8 Å². The SMILES string of the molecule is CCCC(N)C(CC)Sc1ncccc1Cl. The third kappa shape index (κ3) is 3.96. The Kier molecular flexibility index (Phi) is 6.17. The number of nitrogens with two attached hydrogens (primary N) is 1. The molecule has 0 saturated carbocycles. The molecular weight excluding hydrogens is 240 g/mol. The number of halogens is 1. The van der Waals surface area contributed by atoms with Gasteiger partial charge in [0.25, 0.3) is 0 Å². The number of aromatic nitrogens is 1. The van der Waals surface area contributed by atoms with Gasteiger partial charge in [0.05, 0.1) is 5.02 Å². The Balaban J connectivity index is 2.66. The number of nitrogens with zero attached hydrogens (tertiary/aromatic N) is 1. The molecule has 2 unspecified atom stereocenters. The molecule has 1 aromatic heterocycles. The number of hydrogen-bond donors (Lipinski definition) is 1. The Bertz CT molecular complexity index is 320. The Morgan fingerprint density at radius 1 is 1.50 bits per heavy atom. The predicted molar refractivity (Wildman–Crippen MR) is 72.1 cm³/mol. The largest absolute Gasteiger partial charge is 0.327 e. The lowest BCUT2D eigenvalue weighted by atomic mass is 10.1. The highest BCUT2D eigenvalue weighted by Gasteiger charge is 2.18. The maximum Gasteiger partial charge on any atom is 0.115 e. The van der Waals surface area contributed by atoms with Crippen LogP contribution in [0, 0.1) is 0 Å². The third-order valence-electron chi connectivity index (χ3n) is 2.49. The van der Waals surface area contributed by atoms with E-state index in [9.17, 15) is 0 Å². The van der Waals surface area contributed by atoms with Crippen molar-refractivity contribution in [3.8, 4) is 0 Å². The smallest absolute Gasteiger partial charge is 0.115 e. The predicted octanol–water partition coefficient (Wildman–Crippen LogP) is 3.73. The summed E-state index contributed by atoms with van der Waals surface area (Å²) in [6.07, 6.45) is 4.98. The van der Waals surface area contributed by atoms with Crippen LogP contribution in [-0.2, 0) is 0 Å². The van der Waals surface area contributed by atoms with Crippen molar-refractivity contribution >= 4 is 23.4 Å². The summed E-state index contributed by atoms with van der Waals surface area (Å²) in [4.78, 5) is 4.28. The van der Waals surface area contributed by atoms with E-state index in [1.807, 2.05) is 12.1 Å². The van der Waals surface area contributed by atoms with E-state index in [4.69, 9.17) is 17.3 Å². The molecule has 0 fully saturated rings. The lowest BCUT2D eigenvalue weighted by Crippen LogP contribution is -2.31. The Labute approximate surface area is 107 Å². The number of hydrogen-bond acceptors (Lipinski definition) is 3. The van der Waals surface area contributed by atoms with Crippen LogP contribution in [0.5, 0.6) is 0 Å². The summed E-state index contributed by atoms with van der Waals surface area (Å²) < 4.78 is 0. The average molecular weight is 259 g/mol. The van der Waals surface area contributed by atoms with Crippen molar-refractivity contribution in [2.45, 2.75) is 49.4 Å². The fourth-order valence-corrected chi connectivity index (χ4v) is 2.92. The molecule has 0 aliphatic rings. The molecular formula is C12H19ClN2S. The van der Waals surface area contributed by atoms with Gasteiger partial charge in [-0.05, 0) is 25.0 Å². The number of pyridine rings is 1. The third-order valence-corrected chi connectivity index (χ3v) is 4.44. The molecule has 2 atom stereocenters. The summed E-state index contributed by atoms with van der Waals surface area (Å²) in [5.41, 5.74) is 6.15. The molecule has 2 nitrogen and oxygen atoms in total. The van der Waals surface area contributed by atoms with Crippen LogP contribution in [0.4, 0.5) is 0 Å². The molecule has 0 aliphatic carbocycles. The first-order valence-electron chi connectivity index (χ1n) is 5.71. The van der Waals surface area contributed by atoms with Gasteiger partial charge < -0.3 is 5.73 Å². The zero-order chi connectivity index (χ0) is 12.0. The fourth-order valence-electron chi connectivity index (χ4n) is 1.59. The minimum atomic E-state index is 0.220. The molecule has 0 amide bonds. The zero-order valence-corrected chi connectivity index (χ0v) is 11.4. The second kappa shape index (κ2) is 7.15. The first-order valence-corrected chi connectivity index (χ1v) is 6.97. The molecule has 0 bridgehead atoms. The summed E-state index contributed by atoms with van der Waals surface area (Å²) in [6.45, 7) is 4.31. The van der Waals surface area contributed by atoms with Crippen LogP contribution < -0.4 is 5.73 Å². The topological polar surface area (TPSA) is 38.9 Å². The van der Waals surface area contributed by atoms with Gasteiger partial charge in [-0.1, -0.05) is 43.6 Å². The molecule has 2 N–H and O–H groups in total. The Morgan fingerprint density at radius 2 is 2.25 bits per heavy atom. The standard InChI is InChI=1S/C12H19ClN2S/c1-3-6-10(14)11(4-2)16-12-9(13)7-5-8-15-12/h5,7-8,10-11H,3-4,6,14H2,1-2H3. The highest BCUT2D eigenvalue weighted by Crippen LogP contribution is 2.31. The Hall–Kier alpha value is -0.250. The van der Waals surface area contributed by atoms with Crippen LogP contribution in [-0.4, -0.2) is 16.3 Å². The van der Waals surface area contributed by atoms with Gasteiger partial charge in [0, 0.05) is 17.5 Å². The fraction of sp³-hybridized carbons (Fsp3) is 0.583. The molecule has 4 heteroatoms. The highest BCUT2D eigenvalue weighted by molar-refractivity contribution is 8.00. The van der Waals surface area contributed by atoms with Gasteiger partial charge in [-0.25, -0.2) is 4.98 Å². The van der Waals surface area contributed by atoms with Crippen LogP contribution in [0.25, 0.3) is 0 Å². The van der Waals surface area contributed by atoms with Crippen LogP contribution >= 0.6 is 23.4 Å². The monoisotopic (exact) mass is 258 g/mol. The molecule has 0 aliphatic heterocycles. The van der Waals surface area contributed by atoms with Gasteiger partial charge in [-0.15, -0.1) is 0 Å². The van der Waals surface area contributed by atoms with E-state index in [-0.39, 0.29) is 6.04 Å². The van der Waals surface area contributed by atoms with Crippen molar-refractivity contribution in [2.75, 3.05) is 0 Å². The van der Waals surface area contributed by atoms with Crippen molar-refractivity contribution in [2.24, 2.45) is 5.73 Å². The molecule has 90 valence electrons. The van der Waals surface area contributed by atoms with Gasteiger partial charge in [0.15, 0.2) is 0 Å². The van der Waals surface area contributed by atoms with Gasteiger partial charge >= 0.3 is 0 Å². The second-order valence-corrected chi connectivity index (χ2v) is 5.44. The van der Waals surface area contributed by atoms with Crippen molar-refractivity contribution in [1.29, 1.82) is 0 Å². The summed E-state index contributed by atoms with van der Waals surface area (Å²) in [5.74, 6) is 0. The molecule has 1 aromatic rings. The maximum atomic E-state index is 6.15. The summed E-state index contributed by atoms with van der Waals surface area (Å²) >= 11 is 7.78. The number of thioether (sulfide) groups is 1. The second-order valence-electron chi connectivity index (χ2n) is 3.81. The first-order chi connectivity index (χ1) is 7.69. The van der Waals surface area contributed by atoms with Gasteiger partial charge in [0.1, 0.15) is 5.03 Å². The van der Waals surface area contributed by atoms with Gasteiger partial charge in [0.2, 0.25) is 0 Å². The van der Waals surface area contributed by atoms with Crippen LogP contribution in [0.15, 0.2) is 23.4 Å². The molecule has 16 heavy (non-hydrogen) atoms. The Morgan fingerprint density at radius 3 is 2.81 bits per heavy atom. The van der Waals surface area contributed by atoms with Crippen LogP contribution in [0.2, 0.25) is 5.02 Å². The van der Waals surface area contributed by atoms with Crippen molar-refractivity contribution in [3.05, 3.63) is 23.4 Å². The zero-order valence-electron chi connectivity index (χ0n) is 9.82. The van der Waals surface area contributed by atoms with Crippen molar-refractivity contribution in [3.63, 3.8) is 0 Å². The van der Waals surface area contributed by atoms with E-state index in [0.717, 1.165) is 29.3 Å². The van der Waals surface area contributed by atoms with E-state index < -0.39 is 0 Å². The van der Waals surface area contributed by atoms with Crippen LogP contribution in [0.3, 0.4) is 0 Å². The average Bonchev–Trinajstić information content (AvgIpc) is 2.28. The summed E-state index contributed by atoms with van der Waals surface area (Å²) in [6, 6.07) is 3.94. The van der Waals surface area contributed by atoms with Gasteiger partial charge in [-0.2, -0.15) is 0 Å². The highest BCUT2D eigenvalue weighted by atomic mass is 35.5. The van der Waals surface area contributed by atoms with Crippen LogP contribution in [0.1, 0.15) is 33.1 Å². The lowest BCUT2D eigenvalue weighted by Gasteiger charge is -2.21. The molecule has 0 aromatic carbocycles. The van der Waals surface area contributed by atoms with E-state index in [0.29, 0.717) is 5.25 Å². The molecule has 0 spiro atoms. The first kappa shape index (κ1) is 13.8. The summed E-state index contributed by atoms with van der Waals surface area (Å²) in [5, 5.41) is 2.00. The molecule has 1 rings (SSSR count). The van der Waals surface area contributed by atoms with Crippen molar-refractivity contribution in [1.82, 2.24) is 4.98 Å². The normalized spacial score (nSPS) is 14.8. The van der Waals surface area contributed by atoms with E-state index in [1.165, 1.54) is 0 Å². The molecule has 0 radical (unpaired) electrons. The number of rotatable bonds is 6. The van der Waals surface area contributed by atoms with Gasteiger partial charge in [-0.3, -0.25) is 0 Å².